The highest BCUT2D eigenvalue weighted by atomic mass is 16.5. The van der Waals surface area contributed by atoms with Gasteiger partial charge < -0.3 is 14.9 Å². The highest BCUT2D eigenvalue weighted by Gasteiger charge is 2.24. The molecule has 0 aliphatic carbocycles. The number of hydrogen-bond donors (Lipinski definition) is 2. The van der Waals surface area contributed by atoms with Gasteiger partial charge in [-0.2, -0.15) is 0 Å². The lowest BCUT2D eigenvalue weighted by molar-refractivity contribution is 0.0913. The van der Waals surface area contributed by atoms with Gasteiger partial charge in [0.15, 0.2) is 5.76 Å². The monoisotopic (exact) mass is 288 g/mol. The normalized spacial score (nSPS) is 12.4. The zero-order valence-corrected chi connectivity index (χ0v) is 12.5. The fraction of sp³-hybridized carbons (Fsp3) is 0.375. The van der Waals surface area contributed by atoms with Crippen LogP contribution in [0.1, 0.15) is 53.2 Å². The van der Waals surface area contributed by atoms with Gasteiger partial charge in [0.2, 0.25) is 0 Å². The number of benzene rings is 1. The fourth-order valence-electron chi connectivity index (χ4n) is 2.21. The van der Waals surface area contributed by atoms with Crippen molar-refractivity contribution in [2.24, 2.45) is 0 Å². The molecule has 2 N–H and O–H groups in total. The Morgan fingerprint density at radius 3 is 2.57 bits per heavy atom. The molecule has 1 atom stereocenters. The van der Waals surface area contributed by atoms with E-state index in [2.05, 4.69) is 10.5 Å². The molecule has 0 aliphatic rings. The largest absolute Gasteiger partial charge is 0.394 e. The second-order valence-electron chi connectivity index (χ2n) is 5.28. The predicted octanol–water partition coefficient (Wildman–Crippen LogP) is 2.57. The molecule has 5 heteroatoms. The van der Waals surface area contributed by atoms with Gasteiger partial charge in [-0.05, 0) is 12.5 Å². The van der Waals surface area contributed by atoms with Crippen LogP contribution in [0.2, 0.25) is 0 Å². The summed E-state index contributed by atoms with van der Waals surface area (Å²) in [7, 11) is 0. The van der Waals surface area contributed by atoms with E-state index in [1.54, 1.807) is 6.92 Å². The fourth-order valence-corrected chi connectivity index (χ4v) is 2.21. The van der Waals surface area contributed by atoms with Crippen LogP contribution in [0.4, 0.5) is 0 Å². The summed E-state index contributed by atoms with van der Waals surface area (Å²) in [4.78, 5) is 12.5. The first kappa shape index (κ1) is 15.3. The lowest BCUT2D eigenvalue weighted by Gasteiger charge is -2.17. The van der Waals surface area contributed by atoms with Crippen molar-refractivity contribution in [3.8, 4) is 0 Å². The van der Waals surface area contributed by atoms with E-state index in [-0.39, 0.29) is 18.4 Å². The number of nitrogens with one attached hydrogen (secondary N) is 1. The van der Waals surface area contributed by atoms with E-state index in [9.17, 15) is 9.90 Å². The smallest absolute Gasteiger partial charge is 0.257 e. The Kier molecular flexibility index (Phi) is 4.75. The second kappa shape index (κ2) is 6.54. The summed E-state index contributed by atoms with van der Waals surface area (Å²) in [5.74, 6) is 0.353. The Hall–Kier alpha value is -2.14. The molecule has 0 saturated carbocycles. The van der Waals surface area contributed by atoms with Crippen LogP contribution < -0.4 is 5.32 Å². The number of aryl methyl sites for hydroxylation is 1. The summed E-state index contributed by atoms with van der Waals surface area (Å²) in [6.07, 6.45) is 0. The summed E-state index contributed by atoms with van der Waals surface area (Å²) in [6, 6.07) is 8.91. The zero-order chi connectivity index (χ0) is 15.4. The molecule has 1 aromatic carbocycles. The SMILES string of the molecule is Cc1noc(C(C)C)c1C(=O)N[C@@H](CO)c1ccccc1. The van der Waals surface area contributed by atoms with Crippen molar-refractivity contribution in [1.82, 2.24) is 10.5 Å². The highest BCUT2D eigenvalue weighted by molar-refractivity contribution is 5.96. The summed E-state index contributed by atoms with van der Waals surface area (Å²) in [5.41, 5.74) is 1.87. The third-order valence-electron chi connectivity index (χ3n) is 3.33. The maximum absolute atomic E-state index is 12.5. The van der Waals surface area contributed by atoms with E-state index in [0.717, 1.165) is 5.56 Å². The lowest BCUT2D eigenvalue weighted by Crippen LogP contribution is -2.31. The van der Waals surface area contributed by atoms with Gasteiger partial charge in [-0.1, -0.05) is 49.3 Å². The van der Waals surface area contributed by atoms with Crippen molar-refractivity contribution in [3.05, 3.63) is 52.9 Å². The molecule has 0 bridgehead atoms. The van der Waals surface area contributed by atoms with Gasteiger partial charge in [0.25, 0.3) is 5.91 Å². The van der Waals surface area contributed by atoms with E-state index in [1.165, 1.54) is 0 Å². The molecule has 0 unspecified atom stereocenters. The van der Waals surface area contributed by atoms with Crippen LogP contribution in [0.25, 0.3) is 0 Å². The van der Waals surface area contributed by atoms with Crippen LogP contribution >= 0.6 is 0 Å². The first-order valence-corrected chi connectivity index (χ1v) is 6.97. The van der Waals surface area contributed by atoms with Gasteiger partial charge in [-0.15, -0.1) is 0 Å². The minimum absolute atomic E-state index is 0.0660. The molecule has 0 aliphatic heterocycles. The summed E-state index contributed by atoms with van der Waals surface area (Å²) in [5, 5.41) is 16.2. The first-order valence-electron chi connectivity index (χ1n) is 6.97. The molecule has 21 heavy (non-hydrogen) atoms. The highest BCUT2D eigenvalue weighted by Crippen LogP contribution is 2.23. The number of aliphatic hydroxyl groups excluding tert-OH is 1. The molecule has 0 fully saturated rings. The maximum atomic E-state index is 12.5. The van der Waals surface area contributed by atoms with Gasteiger partial charge in [0.05, 0.1) is 18.3 Å². The predicted molar refractivity (Wildman–Crippen MR) is 79.1 cm³/mol. The Morgan fingerprint density at radius 1 is 1.33 bits per heavy atom. The van der Waals surface area contributed by atoms with E-state index in [4.69, 9.17) is 4.52 Å². The Balaban J connectivity index is 2.23. The van der Waals surface area contributed by atoms with E-state index >= 15 is 0 Å². The second-order valence-corrected chi connectivity index (χ2v) is 5.28. The van der Waals surface area contributed by atoms with Gasteiger partial charge in [-0.25, -0.2) is 0 Å². The molecule has 0 radical (unpaired) electrons. The summed E-state index contributed by atoms with van der Waals surface area (Å²) in [6.45, 7) is 5.45. The Bertz CT molecular complexity index is 605. The minimum atomic E-state index is -0.451. The third-order valence-corrected chi connectivity index (χ3v) is 3.33. The third kappa shape index (κ3) is 3.31. The van der Waals surface area contributed by atoms with Crippen molar-refractivity contribution in [2.75, 3.05) is 6.61 Å². The maximum Gasteiger partial charge on any atom is 0.257 e. The number of rotatable bonds is 5. The summed E-state index contributed by atoms with van der Waals surface area (Å²) >= 11 is 0. The molecule has 0 saturated heterocycles. The van der Waals surface area contributed by atoms with Crippen LogP contribution in [0.5, 0.6) is 0 Å². The van der Waals surface area contributed by atoms with Gasteiger partial charge in [-0.3, -0.25) is 4.79 Å². The van der Waals surface area contributed by atoms with Gasteiger partial charge >= 0.3 is 0 Å². The van der Waals surface area contributed by atoms with Crippen LogP contribution in [-0.4, -0.2) is 22.8 Å². The molecule has 1 heterocycles. The number of aliphatic hydroxyl groups is 1. The summed E-state index contributed by atoms with van der Waals surface area (Å²) < 4.78 is 5.23. The molecule has 112 valence electrons. The topological polar surface area (TPSA) is 75.4 Å². The van der Waals surface area contributed by atoms with E-state index in [1.807, 2.05) is 44.2 Å². The molecule has 0 spiro atoms. The van der Waals surface area contributed by atoms with E-state index < -0.39 is 6.04 Å². The van der Waals surface area contributed by atoms with Crippen LogP contribution in [0.3, 0.4) is 0 Å². The van der Waals surface area contributed by atoms with E-state index in [0.29, 0.717) is 17.0 Å². The standard InChI is InChI=1S/C16H20N2O3/c1-10(2)15-14(11(3)18-21-15)16(20)17-13(9-19)12-7-5-4-6-8-12/h4-8,10,13,19H,9H2,1-3H3,(H,17,20)/t13-/m0/s1. The molecular formula is C16H20N2O3. The van der Waals surface area contributed by atoms with Crippen LogP contribution in [0.15, 0.2) is 34.9 Å². The average molecular weight is 288 g/mol. The number of hydrogen-bond acceptors (Lipinski definition) is 4. The molecule has 2 rings (SSSR count). The van der Waals surface area contributed by atoms with Crippen molar-refractivity contribution in [2.45, 2.75) is 32.7 Å². The quantitative estimate of drug-likeness (QED) is 0.886. The molecule has 2 aromatic rings. The number of amides is 1. The molecule has 5 nitrogen and oxygen atoms in total. The average Bonchev–Trinajstić information content (AvgIpc) is 2.87. The number of carbonyl (C=O) groups is 1. The van der Waals surface area contributed by atoms with Gasteiger partial charge in [0.1, 0.15) is 5.56 Å². The Morgan fingerprint density at radius 2 is 2.00 bits per heavy atom. The minimum Gasteiger partial charge on any atom is -0.394 e. The zero-order valence-electron chi connectivity index (χ0n) is 12.5. The molecule has 1 amide bonds. The first-order chi connectivity index (χ1) is 10.0. The van der Waals surface area contributed by atoms with Crippen LogP contribution in [-0.2, 0) is 0 Å². The van der Waals surface area contributed by atoms with Crippen molar-refractivity contribution in [3.63, 3.8) is 0 Å². The lowest BCUT2D eigenvalue weighted by atomic mass is 10.0. The van der Waals surface area contributed by atoms with Crippen molar-refractivity contribution in [1.29, 1.82) is 0 Å². The molecular weight excluding hydrogens is 268 g/mol. The Labute approximate surface area is 124 Å². The number of carbonyl (C=O) groups excluding carboxylic acids is 1. The van der Waals surface area contributed by atoms with Crippen molar-refractivity contribution >= 4 is 5.91 Å². The number of aromatic nitrogens is 1. The number of nitrogens with zero attached hydrogens (tertiary/aromatic N) is 1. The van der Waals surface area contributed by atoms with Crippen LogP contribution in [0, 0.1) is 6.92 Å². The molecule has 1 aromatic heterocycles. The van der Waals surface area contributed by atoms with Gasteiger partial charge in [0, 0.05) is 5.92 Å². The van der Waals surface area contributed by atoms with Crippen molar-refractivity contribution < 1.29 is 14.4 Å².